The third kappa shape index (κ3) is 4.48. The molecule has 2 aromatic rings. The van der Waals surface area contributed by atoms with Gasteiger partial charge in [-0.15, -0.1) is 0 Å². The number of methoxy groups -OCH3 is 1. The third-order valence-corrected chi connectivity index (χ3v) is 3.75. The van der Waals surface area contributed by atoms with Gasteiger partial charge in [0, 0.05) is 10.0 Å². The summed E-state index contributed by atoms with van der Waals surface area (Å²) in [6.45, 7) is 2.29. The lowest BCUT2D eigenvalue weighted by Gasteiger charge is -2.08. The van der Waals surface area contributed by atoms with E-state index in [-0.39, 0.29) is 5.75 Å². The van der Waals surface area contributed by atoms with E-state index in [2.05, 4.69) is 31.2 Å². The number of phenolic OH excluding ortho intramolecular Hbond substituents is 1. The van der Waals surface area contributed by atoms with Crippen LogP contribution >= 0.6 is 15.9 Å². The minimum Gasteiger partial charge on any atom is -0.504 e. The van der Waals surface area contributed by atoms with Crippen LogP contribution in [-0.2, 0) is 4.74 Å². The van der Waals surface area contributed by atoms with E-state index in [1.807, 2.05) is 6.92 Å². The number of phenols is 1. The Hall–Kier alpha value is -2.54. The molecular weight excluding hydrogens is 376 g/mol. The number of nitrogens with zero attached hydrogens (tertiary/aromatic N) is 1. The zero-order valence-electron chi connectivity index (χ0n) is 13.2. The number of nitrogens with one attached hydrogen (secondary N) is 1. The van der Waals surface area contributed by atoms with Crippen LogP contribution in [0.15, 0.2) is 46.0 Å². The summed E-state index contributed by atoms with van der Waals surface area (Å²) in [6, 6.07) is 10.0. The molecule has 2 rings (SSSR count). The second-order valence-electron chi connectivity index (χ2n) is 4.72. The molecule has 126 valence electrons. The monoisotopic (exact) mass is 392 g/mol. The van der Waals surface area contributed by atoms with Crippen molar-refractivity contribution in [3.63, 3.8) is 0 Å². The molecule has 0 aromatic heterocycles. The molecule has 0 aliphatic heterocycles. The first-order valence-electron chi connectivity index (χ1n) is 7.18. The molecule has 0 saturated heterocycles. The van der Waals surface area contributed by atoms with Gasteiger partial charge < -0.3 is 14.6 Å². The minimum atomic E-state index is -0.412. The lowest BCUT2D eigenvalue weighted by atomic mass is 10.2. The molecule has 0 bridgehead atoms. The maximum absolute atomic E-state index is 11.5. The Morgan fingerprint density at radius 3 is 2.88 bits per heavy atom. The molecule has 0 spiro atoms. The molecule has 2 aromatic carbocycles. The van der Waals surface area contributed by atoms with E-state index in [0.717, 1.165) is 5.56 Å². The van der Waals surface area contributed by atoms with Gasteiger partial charge in [-0.2, -0.15) is 5.10 Å². The molecule has 0 radical (unpaired) electrons. The fourth-order valence-electron chi connectivity index (χ4n) is 1.94. The molecule has 0 saturated carbocycles. The Balaban J connectivity index is 2.14. The van der Waals surface area contributed by atoms with Crippen LogP contribution in [0.25, 0.3) is 0 Å². The summed E-state index contributed by atoms with van der Waals surface area (Å²) >= 11 is 3.36. The number of carbonyl (C=O) groups is 1. The van der Waals surface area contributed by atoms with Crippen molar-refractivity contribution in [2.45, 2.75) is 6.92 Å². The second kappa shape index (κ2) is 8.35. The maximum Gasteiger partial charge on any atom is 0.337 e. The van der Waals surface area contributed by atoms with Crippen molar-refractivity contribution in [3.05, 3.63) is 52.0 Å². The van der Waals surface area contributed by atoms with Crippen LogP contribution in [0.5, 0.6) is 11.5 Å². The topological polar surface area (TPSA) is 80.2 Å². The molecule has 0 aliphatic rings. The summed E-state index contributed by atoms with van der Waals surface area (Å²) in [4.78, 5) is 11.5. The molecule has 0 aliphatic carbocycles. The van der Waals surface area contributed by atoms with Gasteiger partial charge in [0.05, 0.1) is 31.2 Å². The molecule has 2 N–H and O–H groups in total. The quantitative estimate of drug-likeness (QED) is 0.444. The average molecular weight is 393 g/mol. The van der Waals surface area contributed by atoms with Crippen LogP contribution in [-0.4, -0.2) is 31.0 Å². The van der Waals surface area contributed by atoms with Crippen LogP contribution in [0, 0.1) is 0 Å². The van der Waals surface area contributed by atoms with Gasteiger partial charge in [0.15, 0.2) is 11.5 Å². The molecule has 24 heavy (non-hydrogen) atoms. The summed E-state index contributed by atoms with van der Waals surface area (Å²) in [5, 5.41) is 13.9. The van der Waals surface area contributed by atoms with Crippen LogP contribution < -0.4 is 10.2 Å². The van der Waals surface area contributed by atoms with E-state index in [0.29, 0.717) is 28.1 Å². The molecule has 6 nitrogen and oxygen atoms in total. The number of halogens is 1. The number of anilines is 1. The first-order chi connectivity index (χ1) is 11.5. The van der Waals surface area contributed by atoms with E-state index in [4.69, 9.17) is 4.74 Å². The van der Waals surface area contributed by atoms with Crippen molar-refractivity contribution >= 4 is 33.8 Å². The lowest BCUT2D eigenvalue weighted by molar-refractivity contribution is 0.0601. The first-order valence-corrected chi connectivity index (χ1v) is 7.97. The summed E-state index contributed by atoms with van der Waals surface area (Å²) < 4.78 is 10.7. The van der Waals surface area contributed by atoms with Crippen LogP contribution in [0.3, 0.4) is 0 Å². The number of aromatic hydroxyl groups is 1. The number of hydrazone groups is 1. The van der Waals surface area contributed by atoms with Crippen molar-refractivity contribution in [2.75, 3.05) is 19.1 Å². The van der Waals surface area contributed by atoms with E-state index in [1.165, 1.54) is 7.11 Å². The van der Waals surface area contributed by atoms with E-state index < -0.39 is 5.97 Å². The Kier molecular flexibility index (Phi) is 6.20. The number of hydrogen-bond donors (Lipinski definition) is 2. The van der Waals surface area contributed by atoms with Crippen molar-refractivity contribution in [1.29, 1.82) is 0 Å². The highest BCUT2D eigenvalue weighted by molar-refractivity contribution is 9.10. The number of ether oxygens (including phenoxy) is 2. The molecule has 0 heterocycles. The highest BCUT2D eigenvalue weighted by atomic mass is 79.9. The van der Waals surface area contributed by atoms with E-state index in [9.17, 15) is 9.90 Å². The fraction of sp³-hybridized carbons (Fsp3) is 0.176. The summed E-state index contributed by atoms with van der Waals surface area (Å²) in [5.74, 6) is 0.0275. The van der Waals surface area contributed by atoms with Gasteiger partial charge in [0.2, 0.25) is 0 Å². The molecule has 0 unspecified atom stereocenters. The normalized spacial score (nSPS) is 10.6. The van der Waals surface area contributed by atoms with Gasteiger partial charge in [-0.3, -0.25) is 5.43 Å². The number of hydrogen-bond acceptors (Lipinski definition) is 6. The highest BCUT2D eigenvalue weighted by Crippen LogP contribution is 2.31. The minimum absolute atomic E-state index is 0.0552. The van der Waals surface area contributed by atoms with Gasteiger partial charge >= 0.3 is 5.97 Å². The van der Waals surface area contributed by atoms with Crippen molar-refractivity contribution in [2.24, 2.45) is 5.10 Å². The van der Waals surface area contributed by atoms with Gasteiger partial charge in [0.25, 0.3) is 0 Å². The Morgan fingerprint density at radius 1 is 1.38 bits per heavy atom. The number of carbonyl (C=O) groups excluding carboxylic acids is 1. The molecule has 0 fully saturated rings. The Morgan fingerprint density at radius 2 is 2.17 bits per heavy atom. The zero-order chi connectivity index (χ0) is 17.5. The maximum atomic E-state index is 11.5. The van der Waals surface area contributed by atoms with Crippen molar-refractivity contribution in [1.82, 2.24) is 0 Å². The number of esters is 1. The molecule has 0 atom stereocenters. The first kappa shape index (κ1) is 17.8. The summed E-state index contributed by atoms with van der Waals surface area (Å²) in [5.41, 5.74) is 4.65. The highest BCUT2D eigenvalue weighted by Gasteiger charge is 2.08. The van der Waals surface area contributed by atoms with Gasteiger partial charge in [-0.25, -0.2) is 4.79 Å². The Bertz CT molecular complexity index is 762. The molecule has 0 amide bonds. The fourth-order valence-corrected chi connectivity index (χ4v) is 2.37. The predicted octanol–water partition coefficient (Wildman–Crippen LogP) is 3.79. The van der Waals surface area contributed by atoms with Crippen LogP contribution in [0.1, 0.15) is 22.8 Å². The zero-order valence-corrected chi connectivity index (χ0v) is 14.8. The number of rotatable bonds is 6. The largest absolute Gasteiger partial charge is 0.504 e. The smallest absolute Gasteiger partial charge is 0.337 e. The van der Waals surface area contributed by atoms with E-state index in [1.54, 1.807) is 42.6 Å². The summed E-state index contributed by atoms with van der Waals surface area (Å²) in [6.07, 6.45) is 1.58. The third-order valence-electron chi connectivity index (χ3n) is 3.06. The van der Waals surface area contributed by atoms with E-state index >= 15 is 0 Å². The van der Waals surface area contributed by atoms with Crippen LogP contribution in [0.4, 0.5) is 5.69 Å². The standard InChI is InChI=1S/C17H17BrN2O4/c1-3-24-16-8-12(14(18)9-15(16)21)10-19-20-13-6-4-5-11(7-13)17(22)23-2/h4-10,20-21H,3H2,1-2H3/b19-10+. The SMILES string of the molecule is CCOc1cc(/C=N/Nc2cccc(C(=O)OC)c2)c(Br)cc1O. The second-order valence-corrected chi connectivity index (χ2v) is 5.57. The predicted molar refractivity (Wildman–Crippen MR) is 96.0 cm³/mol. The summed E-state index contributed by atoms with van der Waals surface area (Å²) in [7, 11) is 1.33. The molecule has 7 heteroatoms. The molecular formula is C17H17BrN2O4. The van der Waals surface area contributed by atoms with Crippen LogP contribution in [0.2, 0.25) is 0 Å². The van der Waals surface area contributed by atoms with Gasteiger partial charge in [-0.05, 0) is 53.2 Å². The van der Waals surface area contributed by atoms with Crippen molar-refractivity contribution < 1.29 is 19.4 Å². The lowest BCUT2D eigenvalue weighted by Crippen LogP contribution is -2.01. The van der Waals surface area contributed by atoms with Gasteiger partial charge in [-0.1, -0.05) is 6.07 Å². The number of benzene rings is 2. The van der Waals surface area contributed by atoms with Gasteiger partial charge in [0.1, 0.15) is 0 Å². The van der Waals surface area contributed by atoms with Crippen molar-refractivity contribution in [3.8, 4) is 11.5 Å². The Labute approximate surface area is 148 Å². The average Bonchev–Trinajstić information content (AvgIpc) is 2.58.